The van der Waals surface area contributed by atoms with Crippen LogP contribution in [0.15, 0.2) is 12.1 Å². The van der Waals surface area contributed by atoms with Gasteiger partial charge < -0.3 is 22.8 Å². The Labute approximate surface area is 208 Å². The summed E-state index contributed by atoms with van der Waals surface area (Å²) in [5.41, 5.74) is 2.63. The maximum absolute atomic E-state index is 6.86. The lowest BCUT2D eigenvalue weighted by Crippen LogP contribution is -2.89. The normalized spacial score (nSPS) is 18.2. The molecule has 1 atom stereocenters. The Hall–Kier alpha value is 0.652. The summed E-state index contributed by atoms with van der Waals surface area (Å²) >= 11 is 0. The first kappa shape index (κ1) is 29.7. The van der Waals surface area contributed by atoms with Crippen LogP contribution in [-0.4, -0.2) is 111 Å². The lowest BCUT2D eigenvalue weighted by Gasteiger charge is -2.53. The third kappa shape index (κ3) is 6.84. The fourth-order valence-electron chi connectivity index (χ4n) is 5.15. The van der Waals surface area contributed by atoms with Gasteiger partial charge in [0.05, 0.1) is 14.2 Å². The van der Waals surface area contributed by atoms with Crippen LogP contribution in [-0.2, 0) is 19.7 Å². The van der Waals surface area contributed by atoms with Crippen molar-refractivity contribution in [1.82, 2.24) is 0 Å². The minimum absolute atomic E-state index is 0.797. The van der Waals surface area contributed by atoms with Gasteiger partial charge in [0.15, 0.2) is 0 Å². The van der Waals surface area contributed by atoms with Gasteiger partial charge in [0.25, 0.3) is 8.80 Å². The van der Waals surface area contributed by atoms with Gasteiger partial charge in [0.2, 0.25) is 0 Å². The first-order valence-electron chi connectivity index (χ1n) is 11.5. The minimum atomic E-state index is -1.72. The summed E-state index contributed by atoms with van der Waals surface area (Å²) in [6.45, 7) is 7.86. The lowest BCUT2D eigenvalue weighted by atomic mass is 10.0. The highest BCUT2D eigenvalue weighted by Gasteiger charge is 2.64. The summed E-state index contributed by atoms with van der Waals surface area (Å²) < 4.78 is 31.5. The molecule has 0 fully saturated rings. The van der Waals surface area contributed by atoms with Crippen molar-refractivity contribution in [3.05, 3.63) is 23.3 Å². The standard InChI is InChI=1S/C17H46O5Si9/c1-7-20-28(21-8-2)29(31(25,26)27,30(23,24)22-9-3)11-10-16-14(4)12-15(18-5)13-17(16)19-6/h12-13,28H,7-11H2,1-6,23-27H3. The Morgan fingerprint density at radius 3 is 1.87 bits per heavy atom. The van der Waals surface area contributed by atoms with E-state index in [0.29, 0.717) is 0 Å². The Morgan fingerprint density at radius 1 is 0.871 bits per heavy atom. The molecular weight excluding hydrogens is 537 g/mol. The molecule has 0 aliphatic heterocycles. The second-order valence-corrected chi connectivity index (χ2v) is 117. The van der Waals surface area contributed by atoms with Crippen molar-refractivity contribution in [2.24, 2.45) is 0 Å². The molecule has 0 spiro atoms. The summed E-state index contributed by atoms with van der Waals surface area (Å²) in [6, 6.07) is 5.52. The van der Waals surface area contributed by atoms with Gasteiger partial charge in [-0.15, -0.1) is 0 Å². The molecule has 0 aliphatic carbocycles. The van der Waals surface area contributed by atoms with Crippen molar-refractivity contribution in [1.29, 1.82) is 0 Å². The topological polar surface area (TPSA) is 46.2 Å². The zero-order valence-electron chi connectivity index (χ0n) is 21.8. The molecule has 180 valence electrons. The van der Waals surface area contributed by atoms with E-state index in [9.17, 15) is 0 Å². The molecule has 0 saturated heterocycles. The third-order valence-corrected chi connectivity index (χ3v) is 157. The molecule has 14 heteroatoms. The largest absolute Gasteiger partial charge is 0.497 e. The summed E-state index contributed by atoms with van der Waals surface area (Å²) in [5, 5.41) is 0. The lowest BCUT2D eigenvalue weighted by molar-refractivity contribution is 0.229. The van der Waals surface area contributed by atoms with Gasteiger partial charge in [-0.3, -0.25) is 0 Å². The molecule has 0 bridgehead atoms. The molecule has 0 aliphatic rings. The molecule has 0 saturated carbocycles. The van der Waals surface area contributed by atoms with Gasteiger partial charge >= 0.3 is 0 Å². The van der Waals surface area contributed by atoms with Crippen molar-refractivity contribution >= 4 is 77.2 Å². The second-order valence-electron chi connectivity index (χ2n) is 9.53. The van der Waals surface area contributed by atoms with Gasteiger partial charge in [-0.2, -0.15) is 0 Å². The smallest absolute Gasteiger partial charge is 0.296 e. The van der Waals surface area contributed by atoms with E-state index in [1.807, 2.05) is 6.07 Å². The summed E-state index contributed by atoms with van der Waals surface area (Å²) in [5.74, 6) is 1.84. The Balaban J connectivity index is 3.61. The molecule has 31 heavy (non-hydrogen) atoms. The van der Waals surface area contributed by atoms with Crippen LogP contribution in [0.4, 0.5) is 0 Å². The highest BCUT2D eigenvalue weighted by atomic mass is 30.4. The highest BCUT2D eigenvalue weighted by Crippen LogP contribution is 2.35. The number of ether oxygens (including phenoxy) is 2. The van der Waals surface area contributed by atoms with E-state index >= 15 is 0 Å². The van der Waals surface area contributed by atoms with Gasteiger partial charge in [-0.1, -0.05) is 6.04 Å². The first-order valence-corrected chi connectivity index (χ1v) is 39.9. The quantitative estimate of drug-likeness (QED) is 0.211. The van der Waals surface area contributed by atoms with Crippen LogP contribution in [0.25, 0.3) is 0 Å². The van der Waals surface area contributed by atoms with Crippen molar-refractivity contribution in [2.45, 2.75) is 40.2 Å². The van der Waals surface area contributed by atoms with E-state index in [1.165, 1.54) is 66.0 Å². The molecule has 0 amide bonds. The maximum atomic E-state index is 6.86. The molecule has 1 aromatic rings. The maximum Gasteiger partial charge on any atom is 0.296 e. The molecule has 1 aromatic carbocycles. The molecule has 1 rings (SSSR count). The van der Waals surface area contributed by atoms with E-state index in [1.54, 1.807) is 14.2 Å². The van der Waals surface area contributed by atoms with Crippen LogP contribution >= 0.6 is 0 Å². The molecule has 0 N–H and O–H groups in total. The molecule has 0 aromatic heterocycles. The number of methoxy groups -OCH3 is 2. The fourth-order valence-corrected chi connectivity index (χ4v) is 279. The number of aryl methyl sites for hydroxylation is 1. The number of hydrogen-bond donors (Lipinski definition) is 0. The predicted octanol–water partition coefficient (Wildman–Crippen LogP) is -3.73. The van der Waals surface area contributed by atoms with Crippen molar-refractivity contribution in [3.8, 4) is 11.5 Å². The number of benzene rings is 1. The minimum Gasteiger partial charge on any atom is -0.497 e. The van der Waals surface area contributed by atoms with Crippen LogP contribution < -0.4 is 9.47 Å². The van der Waals surface area contributed by atoms with E-state index < -0.39 is 28.4 Å². The Morgan fingerprint density at radius 2 is 1.45 bits per heavy atom. The first-order chi connectivity index (χ1) is 14.4. The van der Waals surface area contributed by atoms with Gasteiger partial charge in [-0.05, 0) is 80.6 Å². The van der Waals surface area contributed by atoms with E-state index in [-0.39, 0.29) is 0 Å². The zero-order chi connectivity index (χ0) is 23.9. The van der Waals surface area contributed by atoms with E-state index in [0.717, 1.165) is 37.7 Å². The Kier molecular flexibility index (Phi) is 12.4. The van der Waals surface area contributed by atoms with Crippen LogP contribution in [0.1, 0.15) is 31.9 Å². The van der Waals surface area contributed by atoms with Crippen molar-refractivity contribution in [2.75, 3.05) is 34.0 Å². The number of rotatable bonds is 14. The second kappa shape index (κ2) is 12.9. The van der Waals surface area contributed by atoms with E-state index in [4.69, 9.17) is 22.8 Å². The van der Waals surface area contributed by atoms with Crippen molar-refractivity contribution < 1.29 is 22.8 Å². The van der Waals surface area contributed by atoms with Crippen LogP contribution in [0.2, 0.25) is 6.04 Å². The molecule has 1 unspecified atom stereocenters. The third-order valence-electron chi connectivity index (χ3n) is 6.59. The van der Waals surface area contributed by atoms with Gasteiger partial charge in [0.1, 0.15) is 25.0 Å². The number of hydrogen-bond acceptors (Lipinski definition) is 5. The summed E-state index contributed by atoms with van der Waals surface area (Å²) in [4.78, 5) is 0. The van der Waals surface area contributed by atoms with Crippen LogP contribution in [0, 0.1) is 6.92 Å². The molecular formula is C17H46O5Si9. The molecule has 0 heterocycles. The SMILES string of the molecule is CCO[SiH](OCC)[Si](CCc1c(C)cc(OC)cc1OC)([Si]([SiH3])([SiH3])[SiH3])[Si]([SiH3])([SiH3])OCC. The summed E-state index contributed by atoms with van der Waals surface area (Å²) in [6.07, 6.45) is -0.0698. The van der Waals surface area contributed by atoms with Crippen LogP contribution in [0.3, 0.4) is 0 Å². The average molecular weight is 583 g/mol. The fraction of sp³-hybridized carbons (Fsp3) is 0.647. The van der Waals surface area contributed by atoms with Crippen LogP contribution in [0.5, 0.6) is 11.5 Å². The van der Waals surface area contributed by atoms with Crippen molar-refractivity contribution in [3.63, 3.8) is 0 Å². The molecule has 5 nitrogen and oxygen atoms in total. The van der Waals surface area contributed by atoms with Gasteiger partial charge in [-0.25, -0.2) is 0 Å². The molecule has 0 radical (unpaired) electrons. The zero-order valence-corrected chi connectivity index (χ0v) is 36.0. The monoisotopic (exact) mass is 582 g/mol. The predicted molar refractivity (Wildman–Crippen MR) is 162 cm³/mol. The van der Waals surface area contributed by atoms with Gasteiger partial charge in [0, 0.05) is 51.6 Å². The van der Waals surface area contributed by atoms with E-state index in [2.05, 4.69) is 33.8 Å². The Bertz CT molecular complexity index is 695. The summed E-state index contributed by atoms with van der Waals surface area (Å²) in [7, 11) is 8.49. The highest BCUT2D eigenvalue weighted by molar-refractivity contribution is 8.11. The average Bonchev–Trinajstić information content (AvgIpc) is 2.67.